The first-order chi connectivity index (χ1) is 10.1. The number of nitrogens with one attached hydrogen (secondary N) is 1. The lowest BCUT2D eigenvalue weighted by molar-refractivity contribution is -0.118. The van der Waals surface area contributed by atoms with Crippen LogP contribution in [0.25, 0.3) is 0 Å². The third-order valence-electron chi connectivity index (χ3n) is 2.72. The van der Waals surface area contributed by atoms with Crippen molar-refractivity contribution < 1.29 is 18.7 Å². The van der Waals surface area contributed by atoms with E-state index in [0.29, 0.717) is 11.4 Å². The van der Waals surface area contributed by atoms with Gasteiger partial charge in [0, 0.05) is 6.07 Å². The second-order valence-electron chi connectivity index (χ2n) is 4.22. The fourth-order valence-corrected chi connectivity index (χ4v) is 1.71. The van der Waals surface area contributed by atoms with Gasteiger partial charge in [-0.05, 0) is 24.3 Å². The monoisotopic (exact) mass is 290 g/mol. The summed E-state index contributed by atoms with van der Waals surface area (Å²) in [5, 5.41) is 2.64. The van der Waals surface area contributed by atoms with Crippen molar-refractivity contribution in [2.24, 2.45) is 0 Å². The fraction of sp³-hybridized carbons (Fsp3) is 0.133. The third-order valence-corrected chi connectivity index (χ3v) is 2.72. The highest BCUT2D eigenvalue weighted by molar-refractivity contribution is 5.93. The van der Waals surface area contributed by atoms with E-state index in [9.17, 15) is 9.18 Å². The van der Waals surface area contributed by atoms with Gasteiger partial charge in [0.25, 0.3) is 5.91 Å². The number of amides is 1. The molecule has 0 fully saturated rings. The maximum atomic E-state index is 13.1. The van der Waals surface area contributed by atoms with Crippen molar-refractivity contribution in [3.8, 4) is 11.5 Å². The molecule has 2 aromatic rings. The summed E-state index contributed by atoms with van der Waals surface area (Å²) in [5.41, 5.74) is 6.42. The average Bonchev–Trinajstić information content (AvgIpc) is 2.49. The van der Waals surface area contributed by atoms with E-state index in [4.69, 9.17) is 15.2 Å². The molecule has 0 heterocycles. The molecule has 5 nitrogen and oxygen atoms in total. The maximum absolute atomic E-state index is 13.1. The number of hydrogen-bond donors (Lipinski definition) is 2. The van der Waals surface area contributed by atoms with Crippen LogP contribution < -0.4 is 20.5 Å². The first-order valence-corrected chi connectivity index (χ1v) is 6.21. The molecule has 6 heteroatoms. The van der Waals surface area contributed by atoms with Crippen LogP contribution in [0.4, 0.5) is 15.8 Å². The van der Waals surface area contributed by atoms with Crippen LogP contribution in [0.1, 0.15) is 0 Å². The number of rotatable bonds is 5. The van der Waals surface area contributed by atoms with Gasteiger partial charge in [-0.2, -0.15) is 0 Å². The smallest absolute Gasteiger partial charge is 0.262 e. The van der Waals surface area contributed by atoms with Gasteiger partial charge in [-0.15, -0.1) is 0 Å². The van der Waals surface area contributed by atoms with Crippen LogP contribution in [0.5, 0.6) is 11.5 Å². The van der Waals surface area contributed by atoms with Gasteiger partial charge in [0.2, 0.25) is 0 Å². The standard InChI is InChI=1S/C15H15FN2O3/c1-20-13-5-3-2-4-12(13)18-15(19)9-21-14-8-10(16)6-7-11(14)17/h2-8H,9,17H2,1H3,(H,18,19). The normalized spacial score (nSPS) is 10.0. The summed E-state index contributed by atoms with van der Waals surface area (Å²) in [5.74, 6) is -0.214. The zero-order chi connectivity index (χ0) is 15.2. The van der Waals surface area contributed by atoms with Gasteiger partial charge in [-0.25, -0.2) is 4.39 Å². The molecule has 2 rings (SSSR count). The van der Waals surface area contributed by atoms with Gasteiger partial charge in [0.15, 0.2) is 6.61 Å². The zero-order valence-corrected chi connectivity index (χ0v) is 11.4. The minimum absolute atomic E-state index is 0.130. The van der Waals surface area contributed by atoms with Crippen LogP contribution in [0.15, 0.2) is 42.5 Å². The predicted molar refractivity (Wildman–Crippen MR) is 77.9 cm³/mol. The highest BCUT2D eigenvalue weighted by Crippen LogP contribution is 2.24. The Morgan fingerprint density at radius 2 is 2.00 bits per heavy atom. The van der Waals surface area contributed by atoms with Gasteiger partial charge in [0.05, 0.1) is 18.5 Å². The van der Waals surface area contributed by atoms with Crippen LogP contribution >= 0.6 is 0 Å². The van der Waals surface area contributed by atoms with E-state index in [-0.39, 0.29) is 18.0 Å². The first-order valence-electron chi connectivity index (χ1n) is 6.21. The molecule has 0 aliphatic heterocycles. The minimum atomic E-state index is -0.482. The van der Waals surface area contributed by atoms with E-state index < -0.39 is 11.7 Å². The summed E-state index contributed by atoms with van der Waals surface area (Å²) in [6.45, 7) is -0.286. The van der Waals surface area contributed by atoms with Crippen molar-refractivity contribution in [2.45, 2.75) is 0 Å². The van der Waals surface area contributed by atoms with Gasteiger partial charge in [-0.3, -0.25) is 4.79 Å². The van der Waals surface area contributed by atoms with Crippen molar-refractivity contribution in [3.05, 3.63) is 48.3 Å². The summed E-state index contributed by atoms with van der Waals surface area (Å²) in [7, 11) is 1.51. The second kappa shape index (κ2) is 6.60. The molecular formula is C15H15FN2O3. The van der Waals surface area contributed by atoms with Gasteiger partial charge >= 0.3 is 0 Å². The molecule has 0 saturated carbocycles. The summed E-state index contributed by atoms with van der Waals surface area (Å²) < 4.78 is 23.4. The highest BCUT2D eigenvalue weighted by Gasteiger charge is 2.09. The number of nitrogens with two attached hydrogens (primary N) is 1. The minimum Gasteiger partial charge on any atom is -0.495 e. The van der Waals surface area contributed by atoms with Crippen LogP contribution in [-0.2, 0) is 4.79 Å². The quantitative estimate of drug-likeness (QED) is 0.829. The van der Waals surface area contributed by atoms with E-state index in [2.05, 4.69) is 5.32 Å². The number of halogens is 1. The Balaban J connectivity index is 1.97. The summed E-state index contributed by atoms with van der Waals surface area (Å²) >= 11 is 0. The lowest BCUT2D eigenvalue weighted by atomic mass is 10.3. The molecule has 0 unspecified atom stereocenters. The predicted octanol–water partition coefficient (Wildman–Crippen LogP) is 2.43. The SMILES string of the molecule is COc1ccccc1NC(=O)COc1cc(F)ccc1N. The molecule has 0 aliphatic carbocycles. The molecule has 1 amide bonds. The molecule has 2 aromatic carbocycles. The van der Waals surface area contributed by atoms with E-state index in [1.807, 2.05) is 0 Å². The number of hydrogen-bond acceptors (Lipinski definition) is 4. The largest absolute Gasteiger partial charge is 0.495 e. The van der Waals surface area contributed by atoms with Crippen LogP contribution in [0.3, 0.4) is 0 Å². The molecule has 0 spiro atoms. The van der Waals surface area contributed by atoms with E-state index in [0.717, 1.165) is 6.07 Å². The number of para-hydroxylation sites is 2. The number of methoxy groups -OCH3 is 1. The number of nitrogen functional groups attached to an aromatic ring is 1. The summed E-state index contributed by atoms with van der Waals surface area (Å²) in [4.78, 5) is 11.8. The van der Waals surface area contributed by atoms with Crippen LogP contribution in [-0.4, -0.2) is 19.6 Å². The Kier molecular flexibility index (Phi) is 4.61. The Labute approximate surface area is 121 Å². The molecule has 0 radical (unpaired) electrons. The van der Waals surface area contributed by atoms with Gasteiger partial charge < -0.3 is 20.5 Å². The molecule has 0 saturated heterocycles. The van der Waals surface area contributed by atoms with Crippen molar-refractivity contribution in [2.75, 3.05) is 24.8 Å². The summed E-state index contributed by atoms with van der Waals surface area (Å²) in [6.07, 6.45) is 0. The number of anilines is 2. The highest BCUT2D eigenvalue weighted by atomic mass is 19.1. The lowest BCUT2D eigenvalue weighted by Gasteiger charge is -2.11. The van der Waals surface area contributed by atoms with Crippen molar-refractivity contribution >= 4 is 17.3 Å². The summed E-state index contributed by atoms with van der Waals surface area (Å²) in [6, 6.07) is 10.7. The molecular weight excluding hydrogens is 275 g/mol. The fourth-order valence-electron chi connectivity index (χ4n) is 1.71. The third kappa shape index (κ3) is 3.85. The molecule has 0 aromatic heterocycles. The molecule has 110 valence electrons. The molecule has 0 bridgehead atoms. The number of carbonyl (C=O) groups excluding carboxylic acids is 1. The first kappa shape index (κ1) is 14.6. The van der Waals surface area contributed by atoms with Gasteiger partial charge in [-0.1, -0.05) is 12.1 Å². The van der Waals surface area contributed by atoms with Crippen molar-refractivity contribution in [3.63, 3.8) is 0 Å². The van der Waals surface area contributed by atoms with Gasteiger partial charge in [0.1, 0.15) is 17.3 Å². The average molecular weight is 290 g/mol. The number of carbonyl (C=O) groups is 1. The van der Waals surface area contributed by atoms with Crippen LogP contribution in [0, 0.1) is 5.82 Å². The zero-order valence-electron chi connectivity index (χ0n) is 11.4. The maximum Gasteiger partial charge on any atom is 0.262 e. The Morgan fingerprint density at radius 3 is 2.76 bits per heavy atom. The topological polar surface area (TPSA) is 73.6 Å². The Hall–Kier alpha value is -2.76. The molecule has 3 N–H and O–H groups in total. The number of ether oxygens (including phenoxy) is 2. The Morgan fingerprint density at radius 1 is 1.24 bits per heavy atom. The van der Waals surface area contributed by atoms with Crippen molar-refractivity contribution in [1.82, 2.24) is 0 Å². The lowest BCUT2D eigenvalue weighted by Crippen LogP contribution is -2.20. The molecule has 0 aliphatic rings. The van der Waals surface area contributed by atoms with Crippen LogP contribution in [0.2, 0.25) is 0 Å². The Bertz CT molecular complexity index is 647. The van der Waals surface area contributed by atoms with E-state index in [1.54, 1.807) is 24.3 Å². The molecule has 21 heavy (non-hydrogen) atoms. The van der Waals surface area contributed by atoms with E-state index >= 15 is 0 Å². The second-order valence-corrected chi connectivity index (χ2v) is 4.22. The van der Waals surface area contributed by atoms with Crippen molar-refractivity contribution in [1.29, 1.82) is 0 Å². The number of benzene rings is 2. The van der Waals surface area contributed by atoms with E-state index in [1.165, 1.54) is 19.2 Å². The molecule has 0 atom stereocenters.